The number of ether oxygens (including phenoxy) is 1. The van der Waals surface area contributed by atoms with E-state index in [9.17, 15) is 4.79 Å². The van der Waals surface area contributed by atoms with Gasteiger partial charge >= 0.3 is 0 Å². The molecule has 2 rings (SSSR count). The maximum Gasteiger partial charge on any atom is 0.280 e. The molecule has 2 heterocycles. The number of nitrogens with zero attached hydrogens (tertiary/aromatic N) is 3. The van der Waals surface area contributed by atoms with Crippen LogP contribution in [0.2, 0.25) is 0 Å². The van der Waals surface area contributed by atoms with Gasteiger partial charge in [0.2, 0.25) is 0 Å². The monoisotopic (exact) mass is 285 g/mol. The van der Waals surface area contributed by atoms with Crippen molar-refractivity contribution in [2.45, 2.75) is 24.2 Å². The van der Waals surface area contributed by atoms with Crippen molar-refractivity contribution in [1.82, 2.24) is 14.5 Å². The Kier molecular flexibility index (Phi) is 4.36. The van der Waals surface area contributed by atoms with Crippen molar-refractivity contribution in [1.29, 1.82) is 0 Å². The van der Waals surface area contributed by atoms with Crippen LogP contribution in [-0.4, -0.2) is 34.5 Å². The molecule has 0 saturated heterocycles. The van der Waals surface area contributed by atoms with Gasteiger partial charge in [0.25, 0.3) is 5.56 Å². The molecule has 2 aromatic rings. The molecule has 0 fully saturated rings. The fourth-order valence-electron chi connectivity index (χ4n) is 1.73. The first-order valence-corrected chi connectivity index (χ1v) is 7.68. The molecule has 2 aromatic heterocycles. The van der Waals surface area contributed by atoms with Crippen LogP contribution in [0.25, 0.3) is 10.3 Å². The third-order valence-electron chi connectivity index (χ3n) is 2.60. The summed E-state index contributed by atoms with van der Waals surface area (Å²) >= 11 is 3.00. The zero-order chi connectivity index (χ0) is 13.1. The summed E-state index contributed by atoms with van der Waals surface area (Å²) in [6.07, 6.45) is 2.59. The lowest BCUT2D eigenvalue weighted by Crippen LogP contribution is -2.25. The van der Waals surface area contributed by atoms with E-state index in [1.54, 1.807) is 11.7 Å². The highest BCUT2D eigenvalue weighted by Crippen LogP contribution is 2.25. The summed E-state index contributed by atoms with van der Waals surface area (Å²) in [5.74, 6) is 0.771. The molecule has 0 aliphatic heterocycles. The molecule has 0 atom stereocenters. The highest BCUT2D eigenvalue weighted by molar-refractivity contribution is 8.00. The van der Waals surface area contributed by atoms with Crippen LogP contribution in [-0.2, 0) is 17.7 Å². The lowest BCUT2D eigenvalue weighted by Gasteiger charge is -2.08. The number of hydrogen-bond donors (Lipinski definition) is 0. The number of aromatic nitrogens is 3. The minimum Gasteiger partial charge on any atom is -0.384 e. The van der Waals surface area contributed by atoms with Gasteiger partial charge in [-0.15, -0.1) is 0 Å². The molecule has 98 valence electrons. The normalized spacial score (nSPS) is 11.3. The third kappa shape index (κ3) is 2.43. The van der Waals surface area contributed by atoms with Crippen LogP contribution in [0.5, 0.6) is 0 Å². The second-order valence-electron chi connectivity index (χ2n) is 3.66. The van der Waals surface area contributed by atoms with Gasteiger partial charge in [-0.3, -0.25) is 9.36 Å². The van der Waals surface area contributed by atoms with E-state index >= 15 is 0 Å². The Morgan fingerprint density at radius 2 is 2.22 bits per heavy atom. The molecule has 0 amide bonds. The molecular formula is C11H15N3O2S2. The van der Waals surface area contributed by atoms with Crippen LogP contribution < -0.4 is 5.56 Å². The number of thiazole rings is 1. The van der Waals surface area contributed by atoms with Crippen molar-refractivity contribution in [2.75, 3.05) is 20.0 Å². The van der Waals surface area contributed by atoms with Crippen LogP contribution in [0.1, 0.15) is 12.7 Å². The van der Waals surface area contributed by atoms with E-state index in [4.69, 9.17) is 4.74 Å². The average Bonchev–Trinajstić information content (AvgIpc) is 2.80. The molecule has 18 heavy (non-hydrogen) atoms. The van der Waals surface area contributed by atoms with Gasteiger partial charge in [0, 0.05) is 20.1 Å². The van der Waals surface area contributed by atoms with E-state index in [2.05, 4.69) is 9.97 Å². The van der Waals surface area contributed by atoms with Gasteiger partial charge in [-0.2, -0.15) is 0 Å². The number of hydrogen-bond acceptors (Lipinski definition) is 6. The average molecular weight is 285 g/mol. The molecule has 0 radical (unpaired) electrons. The minimum absolute atomic E-state index is 0.0508. The number of rotatable bonds is 5. The standard InChI is InChI=1S/C11H15N3O2S2/c1-4-14-7(5-6-16-2)12-9-8(10(14)15)13-11(17-3)18-9/h4-6H2,1-3H3. The van der Waals surface area contributed by atoms with E-state index in [0.717, 1.165) is 15.0 Å². The fourth-order valence-corrected chi connectivity index (χ4v) is 3.16. The van der Waals surface area contributed by atoms with Crippen LogP contribution in [0.4, 0.5) is 0 Å². The summed E-state index contributed by atoms with van der Waals surface area (Å²) < 4.78 is 7.60. The first-order valence-electron chi connectivity index (χ1n) is 5.64. The Hall–Kier alpha value is -0.920. The fraction of sp³-hybridized carbons (Fsp3) is 0.545. The highest BCUT2D eigenvalue weighted by atomic mass is 32.2. The van der Waals surface area contributed by atoms with Crippen molar-refractivity contribution in [3.8, 4) is 0 Å². The maximum absolute atomic E-state index is 12.3. The topological polar surface area (TPSA) is 57.0 Å². The second-order valence-corrected chi connectivity index (χ2v) is 5.69. The zero-order valence-electron chi connectivity index (χ0n) is 10.6. The molecule has 0 saturated carbocycles. The lowest BCUT2D eigenvalue weighted by molar-refractivity contribution is 0.199. The number of fused-ring (bicyclic) bond motifs is 1. The second kappa shape index (κ2) is 5.81. The molecule has 0 N–H and O–H groups in total. The van der Waals surface area contributed by atoms with E-state index in [0.29, 0.717) is 25.1 Å². The third-order valence-corrected chi connectivity index (χ3v) is 4.53. The zero-order valence-corrected chi connectivity index (χ0v) is 12.2. The molecule has 0 aliphatic carbocycles. The Morgan fingerprint density at radius 3 is 2.83 bits per heavy atom. The molecule has 0 unspecified atom stereocenters. The van der Waals surface area contributed by atoms with Gasteiger partial charge in [0.15, 0.2) is 14.7 Å². The maximum atomic E-state index is 12.3. The molecular weight excluding hydrogens is 270 g/mol. The quantitative estimate of drug-likeness (QED) is 0.784. The van der Waals surface area contributed by atoms with Crippen molar-refractivity contribution in [3.05, 3.63) is 16.2 Å². The van der Waals surface area contributed by atoms with Crippen LogP contribution in [0.15, 0.2) is 9.13 Å². The molecule has 0 aliphatic rings. The van der Waals surface area contributed by atoms with Crippen LogP contribution in [0.3, 0.4) is 0 Å². The molecule has 0 bridgehead atoms. The largest absolute Gasteiger partial charge is 0.384 e. The summed E-state index contributed by atoms with van der Waals surface area (Å²) in [4.78, 5) is 21.9. The van der Waals surface area contributed by atoms with Crippen LogP contribution >= 0.6 is 23.1 Å². The minimum atomic E-state index is -0.0508. The molecule has 0 spiro atoms. The molecule has 5 nitrogen and oxygen atoms in total. The SMILES string of the molecule is CCn1c(CCOC)nc2sc(SC)nc2c1=O. The summed E-state index contributed by atoms with van der Waals surface area (Å²) in [7, 11) is 1.64. The van der Waals surface area contributed by atoms with Crippen molar-refractivity contribution >= 4 is 33.4 Å². The Bertz CT molecular complexity index is 606. The predicted octanol–water partition coefficient (Wildman–Crippen LogP) is 1.78. The summed E-state index contributed by atoms with van der Waals surface area (Å²) in [6, 6.07) is 0. The summed E-state index contributed by atoms with van der Waals surface area (Å²) in [5.41, 5.74) is 0.428. The van der Waals surface area contributed by atoms with Gasteiger partial charge in [-0.25, -0.2) is 9.97 Å². The number of methoxy groups -OCH3 is 1. The van der Waals surface area contributed by atoms with E-state index in [1.807, 2.05) is 13.2 Å². The smallest absolute Gasteiger partial charge is 0.280 e. The van der Waals surface area contributed by atoms with Gasteiger partial charge < -0.3 is 4.74 Å². The molecule has 0 aromatic carbocycles. The Morgan fingerprint density at radius 1 is 1.44 bits per heavy atom. The van der Waals surface area contributed by atoms with E-state index < -0.39 is 0 Å². The van der Waals surface area contributed by atoms with E-state index in [1.165, 1.54) is 23.1 Å². The van der Waals surface area contributed by atoms with Crippen LogP contribution in [0, 0.1) is 0 Å². The van der Waals surface area contributed by atoms with Crippen molar-refractivity contribution < 1.29 is 4.74 Å². The number of thioether (sulfide) groups is 1. The summed E-state index contributed by atoms with van der Waals surface area (Å²) in [6.45, 7) is 3.10. The predicted molar refractivity (Wildman–Crippen MR) is 74.7 cm³/mol. The first kappa shape index (κ1) is 13.5. The Labute approximate surface area is 113 Å². The summed E-state index contributed by atoms with van der Waals surface area (Å²) in [5, 5.41) is 0. The van der Waals surface area contributed by atoms with Crippen molar-refractivity contribution in [2.24, 2.45) is 0 Å². The molecule has 7 heteroatoms. The lowest BCUT2D eigenvalue weighted by atomic mass is 10.4. The van der Waals surface area contributed by atoms with Gasteiger partial charge in [0.1, 0.15) is 5.82 Å². The van der Waals surface area contributed by atoms with Crippen molar-refractivity contribution in [3.63, 3.8) is 0 Å². The highest BCUT2D eigenvalue weighted by Gasteiger charge is 2.14. The van der Waals surface area contributed by atoms with Gasteiger partial charge in [-0.05, 0) is 13.2 Å². The Balaban J connectivity index is 2.59. The van der Waals surface area contributed by atoms with Gasteiger partial charge in [-0.1, -0.05) is 23.1 Å². The first-order chi connectivity index (χ1) is 8.71. The van der Waals surface area contributed by atoms with Gasteiger partial charge in [0.05, 0.1) is 6.61 Å². The van der Waals surface area contributed by atoms with E-state index in [-0.39, 0.29) is 5.56 Å².